The van der Waals surface area contributed by atoms with Crippen LogP contribution in [0.3, 0.4) is 0 Å². The third-order valence-electron chi connectivity index (χ3n) is 2.34. The maximum absolute atomic E-state index is 13.2. The highest BCUT2D eigenvalue weighted by atomic mass is 19.1. The third kappa shape index (κ3) is 9.26. The highest BCUT2D eigenvalue weighted by Crippen LogP contribution is 2.27. The Morgan fingerprint density at radius 1 is 1.28 bits per heavy atom. The molecule has 1 rings (SSSR count). The molecule has 0 fully saturated rings. The molecule has 110 valence electrons. The smallest absolute Gasteiger partial charge is 0.142 e. The van der Waals surface area contributed by atoms with Crippen LogP contribution in [0.5, 0.6) is 0 Å². The predicted octanol–water partition coefficient (Wildman–Crippen LogP) is 5.70. The summed E-state index contributed by atoms with van der Waals surface area (Å²) in [4.78, 5) is 0. The first kappa shape index (κ1) is 19.5. The number of likely N-dealkylation sites (N-methyl/N-ethyl adjacent to an activating group) is 1. The van der Waals surface area contributed by atoms with Crippen molar-refractivity contribution in [3.63, 3.8) is 0 Å². The van der Waals surface area contributed by atoms with Gasteiger partial charge in [0.2, 0.25) is 0 Å². The Bertz CT molecular complexity index is 245. The molecular formula is C16H34FN. The molecule has 0 amide bonds. The quantitative estimate of drug-likeness (QED) is 0.671. The van der Waals surface area contributed by atoms with Gasteiger partial charge in [-0.15, -0.1) is 0 Å². The highest BCUT2D eigenvalue weighted by molar-refractivity contribution is 5.27. The van der Waals surface area contributed by atoms with E-state index < -0.39 is 0 Å². The van der Waals surface area contributed by atoms with Crippen LogP contribution in [-0.2, 0) is 0 Å². The molecule has 0 aromatic rings. The maximum Gasteiger partial charge on any atom is 0.142 e. The molecule has 0 saturated heterocycles. The molecule has 1 aliphatic carbocycles. The van der Waals surface area contributed by atoms with Crippen LogP contribution in [0.4, 0.5) is 4.39 Å². The van der Waals surface area contributed by atoms with Crippen LogP contribution in [0.25, 0.3) is 0 Å². The van der Waals surface area contributed by atoms with E-state index in [1.54, 1.807) is 13.1 Å². The predicted molar refractivity (Wildman–Crippen MR) is 83.3 cm³/mol. The largest absolute Gasteiger partial charge is 0.386 e. The van der Waals surface area contributed by atoms with Crippen LogP contribution in [0.15, 0.2) is 23.7 Å². The van der Waals surface area contributed by atoms with E-state index in [-0.39, 0.29) is 7.25 Å². The second-order valence-electron chi connectivity index (χ2n) is 4.94. The zero-order chi connectivity index (χ0) is 14.6. The average Bonchev–Trinajstić information content (AvgIpc) is 2.30. The minimum atomic E-state index is -0.109. The van der Waals surface area contributed by atoms with E-state index in [0.29, 0.717) is 17.5 Å². The van der Waals surface area contributed by atoms with Crippen molar-refractivity contribution in [1.82, 2.24) is 5.32 Å². The average molecular weight is 259 g/mol. The Hall–Kier alpha value is -0.790. The summed E-state index contributed by atoms with van der Waals surface area (Å²) >= 11 is 0. The van der Waals surface area contributed by atoms with Gasteiger partial charge in [-0.2, -0.15) is 0 Å². The summed E-state index contributed by atoms with van der Waals surface area (Å²) in [5, 5.41) is 2.83. The molecule has 0 radical (unpaired) electrons. The monoisotopic (exact) mass is 259 g/mol. The molecule has 1 atom stereocenters. The van der Waals surface area contributed by atoms with Crippen LogP contribution in [-0.4, -0.2) is 7.05 Å². The maximum atomic E-state index is 13.2. The minimum absolute atomic E-state index is 0. The Morgan fingerprint density at radius 2 is 1.72 bits per heavy atom. The van der Waals surface area contributed by atoms with Crippen LogP contribution in [0.1, 0.15) is 62.2 Å². The van der Waals surface area contributed by atoms with Gasteiger partial charge in [0.1, 0.15) is 5.83 Å². The van der Waals surface area contributed by atoms with Gasteiger partial charge in [0, 0.05) is 8.47 Å². The van der Waals surface area contributed by atoms with E-state index in [4.69, 9.17) is 0 Å². The number of hydrogen-bond acceptors (Lipinski definition) is 1. The lowest BCUT2D eigenvalue weighted by Crippen LogP contribution is -2.15. The van der Waals surface area contributed by atoms with Crippen LogP contribution >= 0.6 is 0 Å². The van der Waals surface area contributed by atoms with Gasteiger partial charge in [0.15, 0.2) is 0 Å². The van der Waals surface area contributed by atoms with Gasteiger partial charge in [-0.05, 0) is 24.3 Å². The summed E-state index contributed by atoms with van der Waals surface area (Å²) in [5.41, 5.74) is 0.631. The Labute approximate surface area is 115 Å². The van der Waals surface area contributed by atoms with Crippen molar-refractivity contribution in [1.29, 1.82) is 0 Å². The molecular weight excluding hydrogens is 225 g/mol. The van der Waals surface area contributed by atoms with E-state index in [0.717, 1.165) is 6.42 Å². The molecule has 1 unspecified atom stereocenters. The number of rotatable bonds is 2. The fraction of sp³-hybridized carbons (Fsp3) is 0.750. The van der Waals surface area contributed by atoms with E-state index in [2.05, 4.69) is 46.9 Å². The van der Waals surface area contributed by atoms with Crippen molar-refractivity contribution in [2.24, 2.45) is 11.8 Å². The molecule has 1 aliphatic rings. The summed E-state index contributed by atoms with van der Waals surface area (Å²) in [6.45, 7) is 12.7. The molecule has 0 bridgehead atoms. The molecule has 1 N–H and O–H groups in total. The summed E-state index contributed by atoms with van der Waals surface area (Å²) in [6, 6.07) is 0. The van der Waals surface area contributed by atoms with Gasteiger partial charge in [0.25, 0.3) is 0 Å². The Balaban J connectivity index is -0.000000314. The van der Waals surface area contributed by atoms with Gasteiger partial charge < -0.3 is 5.32 Å². The lowest BCUT2D eigenvalue weighted by molar-refractivity contribution is 0.446. The molecule has 0 aromatic carbocycles. The van der Waals surface area contributed by atoms with Gasteiger partial charge in [-0.25, -0.2) is 4.39 Å². The number of halogens is 1. The molecule has 0 aromatic heterocycles. The number of nitrogens with one attached hydrogen (secondary N) is 1. The first-order valence-electron chi connectivity index (χ1n) is 7.23. The van der Waals surface area contributed by atoms with Gasteiger partial charge >= 0.3 is 0 Å². The first-order chi connectivity index (χ1) is 8.48. The zero-order valence-electron chi connectivity index (χ0n) is 13.3. The highest BCUT2D eigenvalue weighted by Gasteiger charge is 2.17. The zero-order valence-corrected chi connectivity index (χ0v) is 13.3. The van der Waals surface area contributed by atoms with Gasteiger partial charge in [0.05, 0.1) is 5.70 Å². The molecule has 0 spiro atoms. The first-order valence-corrected chi connectivity index (χ1v) is 7.23. The standard InChI is InChI=1S/C10H16FN.2C3H8.H2/c1-7(2)8-4-5-10(12-3)9(11)6-8;2*1-3-2;/h5-8,12H,4H2,1-3H3;2*3H2,1-2H3;1H. The Kier molecular flexibility index (Phi) is 13.7. The molecule has 1 nitrogen and oxygen atoms in total. The lowest BCUT2D eigenvalue weighted by Gasteiger charge is -2.20. The van der Waals surface area contributed by atoms with E-state index in [1.807, 2.05) is 6.08 Å². The molecule has 2 heteroatoms. The fourth-order valence-electron chi connectivity index (χ4n) is 1.38. The Morgan fingerprint density at radius 3 is 2.00 bits per heavy atom. The van der Waals surface area contributed by atoms with Crippen molar-refractivity contribution in [3.05, 3.63) is 23.7 Å². The summed E-state index contributed by atoms with van der Waals surface area (Å²) in [7, 11) is 1.74. The summed E-state index contributed by atoms with van der Waals surface area (Å²) in [6.07, 6.45) is 7.10. The van der Waals surface area contributed by atoms with Crippen molar-refractivity contribution >= 4 is 0 Å². The van der Waals surface area contributed by atoms with Gasteiger partial charge in [-0.1, -0.05) is 60.5 Å². The van der Waals surface area contributed by atoms with E-state index in [1.165, 1.54) is 12.8 Å². The van der Waals surface area contributed by atoms with E-state index >= 15 is 0 Å². The molecule has 0 heterocycles. The number of hydrogen-bond donors (Lipinski definition) is 1. The van der Waals surface area contributed by atoms with Gasteiger partial charge in [-0.3, -0.25) is 0 Å². The number of allylic oxidation sites excluding steroid dienone is 3. The SMILES string of the molecule is CCC.CCC.CNC1=CCC(C(C)C)C=C1F.[HH]. The summed E-state index contributed by atoms with van der Waals surface area (Å²) in [5.74, 6) is 0.773. The van der Waals surface area contributed by atoms with Crippen LogP contribution in [0.2, 0.25) is 0 Å². The third-order valence-corrected chi connectivity index (χ3v) is 2.34. The van der Waals surface area contributed by atoms with Crippen molar-refractivity contribution in [2.45, 2.75) is 60.8 Å². The summed E-state index contributed by atoms with van der Waals surface area (Å²) < 4.78 is 13.2. The van der Waals surface area contributed by atoms with Crippen molar-refractivity contribution in [3.8, 4) is 0 Å². The van der Waals surface area contributed by atoms with Crippen LogP contribution in [0, 0.1) is 11.8 Å². The molecule has 0 aliphatic heterocycles. The molecule has 18 heavy (non-hydrogen) atoms. The van der Waals surface area contributed by atoms with Crippen molar-refractivity contribution < 1.29 is 5.82 Å². The second kappa shape index (κ2) is 12.7. The molecule has 0 saturated carbocycles. The van der Waals surface area contributed by atoms with Crippen LogP contribution < -0.4 is 5.32 Å². The van der Waals surface area contributed by atoms with E-state index in [9.17, 15) is 4.39 Å². The minimum Gasteiger partial charge on any atom is -0.386 e. The van der Waals surface area contributed by atoms with Crippen molar-refractivity contribution in [2.75, 3.05) is 7.05 Å². The second-order valence-corrected chi connectivity index (χ2v) is 4.94. The lowest BCUT2D eigenvalue weighted by atomic mass is 9.88. The topological polar surface area (TPSA) is 12.0 Å². The fourth-order valence-corrected chi connectivity index (χ4v) is 1.38. The normalized spacial score (nSPS) is 17.7.